The van der Waals surface area contributed by atoms with Gasteiger partial charge in [0.15, 0.2) is 5.16 Å². The molecule has 2 rings (SSSR count). The van der Waals surface area contributed by atoms with Gasteiger partial charge in [0.1, 0.15) is 0 Å². The average molecular weight is 346 g/mol. The van der Waals surface area contributed by atoms with Crippen molar-refractivity contribution >= 4 is 17.7 Å². The van der Waals surface area contributed by atoms with E-state index in [0.29, 0.717) is 5.75 Å². The minimum atomic E-state index is 0.0163. The first-order valence-corrected chi connectivity index (χ1v) is 9.52. The van der Waals surface area contributed by atoms with Gasteiger partial charge in [-0.3, -0.25) is 4.79 Å². The minimum Gasteiger partial charge on any atom is -0.349 e. The number of unbranched alkanes of at least 4 members (excludes halogenated alkanes) is 1. The van der Waals surface area contributed by atoms with E-state index in [-0.39, 0.29) is 11.9 Å². The third kappa shape index (κ3) is 4.87. The van der Waals surface area contributed by atoms with Gasteiger partial charge >= 0.3 is 0 Å². The van der Waals surface area contributed by atoms with Crippen molar-refractivity contribution in [2.75, 3.05) is 5.75 Å². The maximum Gasteiger partial charge on any atom is 0.230 e. The quantitative estimate of drug-likeness (QED) is 0.727. The molecule has 1 unspecified atom stereocenters. The van der Waals surface area contributed by atoms with Gasteiger partial charge in [-0.25, -0.2) is 4.98 Å². The summed E-state index contributed by atoms with van der Waals surface area (Å²) in [5.41, 5.74) is 3.36. The lowest BCUT2D eigenvalue weighted by Crippen LogP contribution is -2.28. The predicted molar refractivity (Wildman–Crippen MR) is 100 cm³/mol. The number of nitrogens with zero attached hydrogens (tertiary/aromatic N) is 2. The molecule has 0 aliphatic rings. The van der Waals surface area contributed by atoms with Gasteiger partial charge in [0.25, 0.3) is 0 Å². The van der Waals surface area contributed by atoms with Crippen molar-refractivity contribution in [3.05, 3.63) is 47.3 Å². The largest absolute Gasteiger partial charge is 0.349 e. The van der Waals surface area contributed by atoms with E-state index >= 15 is 0 Å². The Labute approximate surface area is 149 Å². The molecular weight excluding hydrogens is 318 g/mol. The molecule has 130 valence electrons. The predicted octanol–water partition coefficient (Wildman–Crippen LogP) is 4.27. The van der Waals surface area contributed by atoms with Gasteiger partial charge in [-0.15, -0.1) is 0 Å². The summed E-state index contributed by atoms with van der Waals surface area (Å²) < 4.78 is 2.23. The number of aromatic nitrogens is 2. The fourth-order valence-corrected chi connectivity index (χ4v) is 3.48. The van der Waals surface area contributed by atoms with Crippen LogP contribution < -0.4 is 5.32 Å². The van der Waals surface area contributed by atoms with Crippen molar-refractivity contribution in [2.45, 2.75) is 58.3 Å². The van der Waals surface area contributed by atoms with Gasteiger partial charge < -0.3 is 9.88 Å². The lowest BCUT2D eigenvalue weighted by atomic mass is 10.1. The number of imidazole rings is 1. The third-order valence-corrected chi connectivity index (χ3v) is 5.14. The Morgan fingerprint density at radius 3 is 2.67 bits per heavy atom. The molecule has 0 aliphatic heterocycles. The zero-order valence-corrected chi connectivity index (χ0v) is 15.8. The van der Waals surface area contributed by atoms with E-state index in [4.69, 9.17) is 0 Å². The van der Waals surface area contributed by atoms with E-state index in [0.717, 1.165) is 35.8 Å². The SMILES string of the molecule is CCCCn1c(SCC(=O)NC(C)c2ccccc2)nc(C)c1C. The molecule has 1 heterocycles. The lowest BCUT2D eigenvalue weighted by molar-refractivity contribution is -0.119. The summed E-state index contributed by atoms with van der Waals surface area (Å²) in [7, 11) is 0. The van der Waals surface area contributed by atoms with Crippen molar-refractivity contribution in [3.8, 4) is 0 Å². The molecule has 0 fully saturated rings. The fraction of sp³-hybridized carbons (Fsp3) is 0.474. The minimum absolute atomic E-state index is 0.0163. The van der Waals surface area contributed by atoms with E-state index in [9.17, 15) is 4.79 Å². The number of benzene rings is 1. The maximum atomic E-state index is 12.2. The highest BCUT2D eigenvalue weighted by Crippen LogP contribution is 2.22. The van der Waals surface area contributed by atoms with E-state index in [1.54, 1.807) is 0 Å². The van der Waals surface area contributed by atoms with Gasteiger partial charge in [0, 0.05) is 12.2 Å². The monoisotopic (exact) mass is 345 g/mol. The molecule has 2 aromatic rings. The number of amides is 1. The molecule has 1 N–H and O–H groups in total. The molecule has 0 aliphatic carbocycles. The molecule has 1 atom stereocenters. The zero-order chi connectivity index (χ0) is 17.5. The van der Waals surface area contributed by atoms with E-state index in [1.165, 1.54) is 17.5 Å². The molecule has 1 aromatic carbocycles. The van der Waals surface area contributed by atoms with Gasteiger partial charge in [0.2, 0.25) is 5.91 Å². The number of hydrogen-bond acceptors (Lipinski definition) is 3. The number of thioether (sulfide) groups is 1. The first-order chi connectivity index (χ1) is 11.5. The molecule has 0 saturated carbocycles. The highest BCUT2D eigenvalue weighted by Gasteiger charge is 2.14. The number of rotatable bonds is 8. The van der Waals surface area contributed by atoms with Crippen molar-refractivity contribution in [1.29, 1.82) is 0 Å². The van der Waals surface area contributed by atoms with Crippen LogP contribution in [-0.2, 0) is 11.3 Å². The van der Waals surface area contributed by atoms with Crippen LogP contribution in [0.3, 0.4) is 0 Å². The van der Waals surface area contributed by atoms with Crippen LogP contribution in [0.15, 0.2) is 35.5 Å². The molecule has 5 heteroatoms. The van der Waals surface area contributed by atoms with E-state index in [1.807, 2.05) is 44.2 Å². The topological polar surface area (TPSA) is 46.9 Å². The molecule has 1 aromatic heterocycles. The number of carbonyl (C=O) groups is 1. The molecule has 0 spiro atoms. The molecule has 0 radical (unpaired) electrons. The maximum absolute atomic E-state index is 12.2. The van der Waals surface area contributed by atoms with Gasteiger partial charge in [-0.05, 0) is 32.8 Å². The molecule has 4 nitrogen and oxygen atoms in total. The number of nitrogens with one attached hydrogen (secondary N) is 1. The Kier molecular flexibility index (Phi) is 6.91. The Hall–Kier alpha value is -1.75. The normalized spacial score (nSPS) is 12.2. The number of aryl methyl sites for hydroxylation is 1. The lowest BCUT2D eigenvalue weighted by Gasteiger charge is -2.14. The van der Waals surface area contributed by atoms with Crippen molar-refractivity contribution in [1.82, 2.24) is 14.9 Å². The Balaban J connectivity index is 1.93. The van der Waals surface area contributed by atoms with Crippen LogP contribution in [0.2, 0.25) is 0 Å². The first-order valence-electron chi connectivity index (χ1n) is 8.53. The Morgan fingerprint density at radius 1 is 1.29 bits per heavy atom. The summed E-state index contributed by atoms with van der Waals surface area (Å²) >= 11 is 1.52. The Morgan fingerprint density at radius 2 is 2.00 bits per heavy atom. The van der Waals surface area contributed by atoms with Crippen molar-refractivity contribution in [3.63, 3.8) is 0 Å². The second kappa shape index (κ2) is 8.92. The third-order valence-electron chi connectivity index (χ3n) is 4.17. The van der Waals surface area contributed by atoms with Gasteiger partial charge in [0.05, 0.1) is 17.5 Å². The molecule has 1 amide bonds. The second-order valence-corrected chi connectivity index (χ2v) is 7.00. The van der Waals surface area contributed by atoms with Crippen molar-refractivity contribution in [2.24, 2.45) is 0 Å². The van der Waals surface area contributed by atoms with Crippen LogP contribution >= 0.6 is 11.8 Å². The summed E-state index contributed by atoms with van der Waals surface area (Å²) in [5.74, 6) is 0.427. The summed E-state index contributed by atoms with van der Waals surface area (Å²) in [5, 5.41) is 4.00. The summed E-state index contributed by atoms with van der Waals surface area (Å²) in [6.45, 7) is 9.28. The summed E-state index contributed by atoms with van der Waals surface area (Å²) in [6.07, 6.45) is 2.28. The molecule has 24 heavy (non-hydrogen) atoms. The first kappa shape index (κ1) is 18.6. The second-order valence-electron chi connectivity index (χ2n) is 6.06. The van der Waals surface area contributed by atoms with E-state index < -0.39 is 0 Å². The molecule has 0 saturated heterocycles. The van der Waals surface area contributed by atoms with Crippen LogP contribution in [0, 0.1) is 13.8 Å². The van der Waals surface area contributed by atoms with Crippen LogP contribution in [0.1, 0.15) is 49.7 Å². The summed E-state index contributed by atoms with van der Waals surface area (Å²) in [6, 6.07) is 10.0. The fourth-order valence-electron chi connectivity index (χ4n) is 2.55. The van der Waals surface area contributed by atoms with Crippen LogP contribution in [-0.4, -0.2) is 21.2 Å². The summed E-state index contributed by atoms with van der Waals surface area (Å²) in [4.78, 5) is 16.9. The molecule has 0 bridgehead atoms. The zero-order valence-electron chi connectivity index (χ0n) is 15.0. The van der Waals surface area contributed by atoms with Crippen LogP contribution in [0.25, 0.3) is 0 Å². The average Bonchev–Trinajstić information content (AvgIpc) is 2.86. The smallest absolute Gasteiger partial charge is 0.230 e. The highest BCUT2D eigenvalue weighted by molar-refractivity contribution is 7.99. The number of hydrogen-bond donors (Lipinski definition) is 1. The van der Waals surface area contributed by atoms with Gasteiger partial charge in [-0.2, -0.15) is 0 Å². The van der Waals surface area contributed by atoms with Crippen molar-refractivity contribution < 1.29 is 4.79 Å². The van der Waals surface area contributed by atoms with Gasteiger partial charge in [-0.1, -0.05) is 55.4 Å². The standard InChI is InChI=1S/C19H27N3OS/c1-5-6-12-22-16(4)14(2)21-19(22)24-13-18(23)20-15(3)17-10-8-7-9-11-17/h7-11,15H,5-6,12-13H2,1-4H3,(H,20,23). The Bertz CT molecular complexity index is 667. The van der Waals surface area contributed by atoms with E-state index in [2.05, 4.69) is 28.7 Å². The van der Waals surface area contributed by atoms with Crippen LogP contribution in [0.4, 0.5) is 0 Å². The van der Waals surface area contributed by atoms with Crippen LogP contribution in [0.5, 0.6) is 0 Å². The molecular formula is C19H27N3OS. The highest BCUT2D eigenvalue weighted by atomic mass is 32.2. The number of carbonyl (C=O) groups excluding carboxylic acids is 1.